The lowest BCUT2D eigenvalue weighted by atomic mass is 10.1. The Morgan fingerprint density at radius 3 is 2.60 bits per heavy atom. The Morgan fingerprint density at radius 2 is 1.90 bits per heavy atom. The van der Waals surface area contributed by atoms with E-state index in [2.05, 4.69) is 30.0 Å². The number of ether oxygens (including phenoxy) is 1. The van der Waals surface area contributed by atoms with E-state index in [0.29, 0.717) is 12.1 Å². The molecule has 0 unspecified atom stereocenters. The number of aryl methyl sites for hydroxylation is 1. The van der Waals surface area contributed by atoms with Crippen LogP contribution in [0.1, 0.15) is 21.5 Å². The van der Waals surface area contributed by atoms with Crippen molar-refractivity contribution in [3.63, 3.8) is 0 Å². The van der Waals surface area contributed by atoms with Crippen molar-refractivity contribution in [2.45, 2.75) is 13.5 Å². The van der Waals surface area contributed by atoms with Gasteiger partial charge in [-0.05, 0) is 36.2 Å². The first-order chi connectivity index (χ1) is 9.61. The normalized spacial score (nSPS) is 10.2. The van der Waals surface area contributed by atoms with E-state index < -0.39 is 0 Å². The number of nitrogens with zero attached hydrogens (tertiary/aromatic N) is 1. The summed E-state index contributed by atoms with van der Waals surface area (Å²) in [6.45, 7) is 2.73. The molecule has 0 amide bonds. The highest BCUT2D eigenvalue weighted by Crippen LogP contribution is 2.19. The molecule has 0 bridgehead atoms. The Balaban J connectivity index is 2.24. The minimum atomic E-state index is -0.293. The number of esters is 1. The standard InChI is InChI=1S/C17H19NO2/c1-13-7-6-9-15(11-13)18(2)12-14-8-4-5-10-16(14)17(19)20-3/h4-11H,12H2,1-3H3. The molecule has 0 aromatic heterocycles. The zero-order valence-electron chi connectivity index (χ0n) is 12.1. The second-order valence-corrected chi connectivity index (χ2v) is 4.84. The quantitative estimate of drug-likeness (QED) is 0.797. The number of rotatable bonds is 4. The molecular weight excluding hydrogens is 250 g/mol. The topological polar surface area (TPSA) is 29.5 Å². The maximum absolute atomic E-state index is 11.8. The van der Waals surface area contributed by atoms with Gasteiger partial charge in [-0.15, -0.1) is 0 Å². The predicted molar refractivity (Wildman–Crippen MR) is 81.1 cm³/mol. The number of benzene rings is 2. The van der Waals surface area contributed by atoms with Gasteiger partial charge in [0.05, 0.1) is 12.7 Å². The number of anilines is 1. The molecule has 0 saturated carbocycles. The van der Waals surface area contributed by atoms with Gasteiger partial charge >= 0.3 is 5.97 Å². The van der Waals surface area contributed by atoms with Gasteiger partial charge in [0, 0.05) is 19.3 Å². The maximum Gasteiger partial charge on any atom is 0.338 e. The Hall–Kier alpha value is -2.29. The highest BCUT2D eigenvalue weighted by atomic mass is 16.5. The molecule has 104 valence electrons. The number of carbonyl (C=O) groups is 1. The maximum atomic E-state index is 11.8. The number of carbonyl (C=O) groups excluding carboxylic acids is 1. The van der Waals surface area contributed by atoms with Crippen LogP contribution in [0.3, 0.4) is 0 Å². The summed E-state index contributed by atoms with van der Waals surface area (Å²) in [5.41, 5.74) is 3.93. The first-order valence-electron chi connectivity index (χ1n) is 6.56. The van der Waals surface area contributed by atoms with Crippen LogP contribution < -0.4 is 4.90 Å². The summed E-state index contributed by atoms with van der Waals surface area (Å²) < 4.78 is 4.83. The van der Waals surface area contributed by atoms with E-state index >= 15 is 0 Å². The molecule has 0 spiro atoms. The minimum absolute atomic E-state index is 0.293. The van der Waals surface area contributed by atoms with Gasteiger partial charge in [0.1, 0.15) is 0 Å². The third-order valence-corrected chi connectivity index (χ3v) is 3.27. The van der Waals surface area contributed by atoms with Crippen molar-refractivity contribution in [2.75, 3.05) is 19.1 Å². The number of hydrogen-bond donors (Lipinski definition) is 0. The van der Waals surface area contributed by atoms with Crippen LogP contribution >= 0.6 is 0 Å². The summed E-state index contributed by atoms with van der Waals surface area (Å²) >= 11 is 0. The molecule has 0 radical (unpaired) electrons. The van der Waals surface area contributed by atoms with E-state index in [4.69, 9.17) is 4.74 Å². The Kier molecular flexibility index (Phi) is 4.41. The van der Waals surface area contributed by atoms with Crippen LogP contribution in [0.25, 0.3) is 0 Å². The van der Waals surface area contributed by atoms with Crippen LogP contribution in [0.4, 0.5) is 5.69 Å². The average molecular weight is 269 g/mol. The van der Waals surface area contributed by atoms with Crippen LogP contribution in [-0.4, -0.2) is 20.1 Å². The summed E-state index contributed by atoms with van der Waals surface area (Å²) in [7, 11) is 3.42. The average Bonchev–Trinajstić information content (AvgIpc) is 2.47. The lowest BCUT2D eigenvalue weighted by molar-refractivity contribution is 0.0599. The summed E-state index contributed by atoms with van der Waals surface area (Å²) in [6.07, 6.45) is 0. The van der Waals surface area contributed by atoms with E-state index in [1.165, 1.54) is 12.7 Å². The molecule has 20 heavy (non-hydrogen) atoms. The Morgan fingerprint density at radius 1 is 1.15 bits per heavy atom. The molecule has 3 nitrogen and oxygen atoms in total. The van der Waals surface area contributed by atoms with Crippen molar-refractivity contribution in [1.29, 1.82) is 0 Å². The highest BCUT2D eigenvalue weighted by Gasteiger charge is 2.12. The van der Waals surface area contributed by atoms with Crippen molar-refractivity contribution in [3.8, 4) is 0 Å². The molecule has 0 fully saturated rings. The van der Waals surface area contributed by atoms with E-state index in [9.17, 15) is 4.79 Å². The smallest absolute Gasteiger partial charge is 0.338 e. The van der Waals surface area contributed by atoms with Gasteiger partial charge in [-0.2, -0.15) is 0 Å². The zero-order chi connectivity index (χ0) is 14.5. The van der Waals surface area contributed by atoms with E-state index in [1.807, 2.05) is 31.3 Å². The molecule has 0 N–H and O–H groups in total. The third kappa shape index (κ3) is 3.18. The highest BCUT2D eigenvalue weighted by molar-refractivity contribution is 5.91. The Labute approximate surface area is 119 Å². The zero-order valence-corrected chi connectivity index (χ0v) is 12.1. The lowest BCUT2D eigenvalue weighted by Gasteiger charge is -2.21. The van der Waals surface area contributed by atoms with Gasteiger partial charge < -0.3 is 9.64 Å². The largest absolute Gasteiger partial charge is 0.465 e. The fourth-order valence-corrected chi connectivity index (χ4v) is 2.18. The first-order valence-corrected chi connectivity index (χ1v) is 6.56. The van der Waals surface area contributed by atoms with Gasteiger partial charge in [0.15, 0.2) is 0 Å². The first kappa shape index (κ1) is 14.1. The van der Waals surface area contributed by atoms with Crippen LogP contribution in [0.15, 0.2) is 48.5 Å². The van der Waals surface area contributed by atoms with Gasteiger partial charge in [-0.25, -0.2) is 4.79 Å². The van der Waals surface area contributed by atoms with Crippen LogP contribution in [-0.2, 0) is 11.3 Å². The van der Waals surface area contributed by atoms with E-state index in [1.54, 1.807) is 6.07 Å². The molecule has 0 aliphatic rings. The molecule has 0 saturated heterocycles. The summed E-state index contributed by atoms with van der Waals surface area (Å²) in [4.78, 5) is 13.9. The second-order valence-electron chi connectivity index (χ2n) is 4.84. The number of methoxy groups -OCH3 is 1. The van der Waals surface area contributed by atoms with Crippen molar-refractivity contribution >= 4 is 11.7 Å². The van der Waals surface area contributed by atoms with Gasteiger partial charge in [0.2, 0.25) is 0 Å². The SMILES string of the molecule is COC(=O)c1ccccc1CN(C)c1cccc(C)c1. The summed E-state index contributed by atoms with van der Waals surface area (Å²) in [6, 6.07) is 15.8. The molecule has 0 atom stereocenters. The third-order valence-electron chi connectivity index (χ3n) is 3.27. The molecule has 0 aliphatic carbocycles. The van der Waals surface area contributed by atoms with Crippen molar-refractivity contribution in [2.24, 2.45) is 0 Å². The number of hydrogen-bond acceptors (Lipinski definition) is 3. The molecule has 2 rings (SSSR count). The van der Waals surface area contributed by atoms with Crippen LogP contribution in [0, 0.1) is 6.92 Å². The van der Waals surface area contributed by atoms with Crippen LogP contribution in [0.2, 0.25) is 0 Å². The minimum Gasteiger partial charge on any atom is -0.465 e. The monoisotopic (exact) mass is 269 g/mol. The molecule has 0 aliphatic heterocycles. The van der Waals surface area contributed by atoms with Crippen molar-refractivity contribution < 1.29 is 9.53 Å². The van der Waals surface area contributed by atoms with E-state index in [0.717, 1.165) is 11.3 Å². The Bertz CT molecular complexity index is 607. The van der Waals surface area contributed by atoms with Gasteiger partial charge in [-0.1, -0.05) is 30.3 Å². The summed E-state index contributed by atoms with van der Waals surface area (Å²) in [5.74, 6) is -0.293. The summed E-state index contributed by atoms with van der Waals surface area (Å²) in [5, 5.41) is 0. The predicted octanol–water partition coefficient (Wildman–Crippen LogP) is 3.42. The molecule has 2 aromatic rings. The van der Waals surface area contributed by atoms with Crippen LogP contribution in [0.5, 0.6) is 0 Å². The van der Waals surface area contributed by atoms with Crippen molar-refractivity contribution in [3.05, 3.63) is 65.2 Å². The lowest BCUT2D eigenvalue weighted by Crippen LogP contribution is -2.19. The molecule has 0 heterocycles. The second kappa shape index (κ2) is 6.24. The van der Waals surface area contributed by atoms with E-state index in [-0.39, 0.29) is 5.97 Å². The van der Waals surface area contributed by atoms with Gasteiger partial charge in [0.25, 0.3) is 0 Å². The molecule has 2 aromatic carbocycles. The fraction of sp³-hybridized carbons (Fsp3) is 0.235. The van der Waals surface area contributed by atoms with Crippen molar-refractivity contribution in [1.82, 2.24) is 0 Å². The fourth-order valence-electron chi connectivity index (χ4n) is 2.18. The van der Waals surface area contributed by atoms with Gasteiger partial charge in [-0.3, -0.25) is 0 Å². The molecular formula is C17H19NO2. The molecule has 3 heteroatoms.